The van der Waals surface area contributed by atoms with Gasteiger partial charge in [-0.1, -0.05) is 29.8 Å². The van der Waals surface area contributed by atoms with Gasteiger partial charge in [0.15, 0.2) is 6.61 Å². The Hall–Kier alpha value is -2.42. The Morgan fingerprint density at radius 2 is 1.96 bits per heavy atom. The molecule has 0 fully saturated rings. The summed E-state index contributed by atoms with van der Waals surface area (Å²) >= 11 is 5.79. The largest absolute Gasteiger partial charge is 0.452 e. The molecule has 7 nitrogen and oxygen atoms in total. The van der Waals surface area contributed by atoms with Gasteiger partial charge in [0, 0.05) is 11.7 Å². The number of nitrogens with two attached hydrogens (primary N) is 1. The lowest BCUT2D eigenvalue weighted by molar-refractivity contribution is -0.122. The van der Waals surface area contributed by atoms with E-state index in [0.717, 1.165) is 23.7 Å². The summed E-state index contributed by atoms with van der Waals surface area (Å²) in [6.07, 6.45) is 0.727. The predicted octanol–water partition coefficient (Wildman–Crippen LogP) is 2.12. The molecule has 0 bridgehead atoms. The molecule has 3 rings (SSSR count). The summed E-state index contributed by atoms with van der Waals surface area (Å²) in [5, 5.41) is 4.96. The summed E-state index contributed by atoms with van der Waals surface area (Å²) in [4.78, 5) is 26.0. The first-order valence-electron chi connectivity index (χ1n) is 8.08. The van der Waals surface area contributed by atoms with Gasteiger partial charge in [0.2, 0.25) is 10.0 Å². The molecule has 0 saturated carbocycles. The number of ether oxygens (including phenoxy) is 1. The first-order chi connectivity index (χ1) is 12.7. The topological polar surface area (TPSA) is 107 Å². The number of halogens is 1. The number of nitrogens with zero attached hydrogens (tertiary/aromatic N) is 1. The van der Waals surface area contributed by atoms with Gasteiger partial charge >= 0.3 is 5.97 Å². The highest BCUT2D eigenvalue weighted by Gasteiger charge is 2.31. The number of benzene rings is 2. The fraction of sp³-hybridized carbons (Fsp3) is 0.222. The van der Waals surface area contributed by atoms with Crippen molar-refractivity contribution in [3.05, 3.63) is 58.6 Å². The lowest BCUT2D eigenvalue weighted by atomic mass is 10.1. The maximum absolute atomic E-state index is 12.5. The maximum atomic E-state index is 12.5. The second kappa shape index (κ2) is 7.30. The highest BCUT2D eigenvalue weighted by atomic mass is 35.5. The third-order valence-corrected chi connectivity index (χ3v) is 5.67. The van der Waals surface area contributed by atoms with Crippen molar-refractivity contribution in [3.63, 3.8) is 0 Å². The Labute approximate surface area is 161 Å². The molecule has 0 spiro atoms. The van der Waals surface area contributed by atoms with Crippen molar-refractivity contribution in [1.82, 2.24) is 0 Å². The van der Waals surface area contributed by atoms with Crippen LogP contribution in [-0.2, 0) is 26.0 Å². The second-order valence-corrected chi connectivity index (χ2v) is 8.15. The van der Waals surface area contributed by atoms with Crippen LogP contribution >= 0.6 is 11.6 Å². The van der Waals surface area contributed by atoms with Crippen LogP contribution in [-0.4, -0.2) is 32.9 Å². The molecule has 2 N–H and O–H groups in total. The van der Waals surface area contributed by atoms with E-state index in [0.29, 0.717) is 0 Å². The molecule has 0 saturated heterocycles. The van der Waals surface area contributed by atoms with Crippen LogP contribution in [0, 0.1) is 0 Å². The quantitative estimate of drug-likeness (QED) is 0.780. The zero-order valence-electron chi connectivity index (χ0n) is 14.4. The summed E-state index contributed by atoms with van der Waals surface area (Å²) in [5.41, 5.74) is 1.79. The zero-order chi connectivity index (χ0) is 19.8. The molecular weight excluding hydrogens is 392 g/mol. The molecule has 1 atom stereocenters. The molecule has 9 heteroatoms. The standard InChI is InChI=1S/C18H17ClN2O5S/c1-11-8-12-4-2-3-5-15(12)21(11)17(22)10-26-18(23)13-6-7-14(19)16(9-13)27(20,24)25/h2-7,9,11H,8,10H2,1H3,(H2,20,24,25). The van der Waals surface area contributed by atoms with Crippen molar-refractivity contribution >= 4 is 39.2 Å². The number of carbonyl (C=O) groups is 2. The van der Waals surface area contributed by atoms with Gasteiger partial charge in [-0.05, 0) is 43.2 Å². The van der Waals surface area contributed by atoms with Gasteiger partial charge < -0.3 is 9.64 Å². The summed E-state index contributed by atoms with van der Waals surface area (Å²) < 4.78 is 28.1. The van der Waals surface area contributed by atoms with E-state index in [1.807, 2.05) is 31.2 Å². The third-order valence-electron chi connectivity index (χ3n) is 4.28. The van der Waals surface area contributed by atoms with Crippen LogP contribution in [0.15, 0.2) is 47.4 Å². The van der Waals surface area contributed by atoms with Gasteiger partial charge in [-0.3, -0.25) is 4.79 Å². The Kier molecular flexibility index (Phi) is 5.23. The number of esters is 1. The molecule has 2 aromatic carbocycles. The van der Waals surface area contributed by atoms with Gasteiger partial charge in [0.25, 0.3) is 5.91 Å². The van der Waals surface area contributed by atoms with Gasteiger partial charge in [0.05, 0.1) is 10.6 Å². The number of hydrogen-bond donors (Lipinski definition) is 1. The number of para-hydroxylation sites is 1. The third kappa shape index (κ3) is 3.97. The minimum Gasteiger partial charge on any atom is -0.452 e. The fourth-order valence-electron chi connectivity index (χ4n) is 3.07. The van der Waals surface area contributed by atoms with Crippen molar-refractivity contribution in [2.45, 2.75) is 24.3 Å². The second-order valence-electron chi connectivity index (χ2n) is 6.21. The van der Waals surface area contributed by atoms with Crippen molar-refractivity contribution in [1.29, 1.82) is 0 Å². The molecule has 142 valence electrons. The van der Waals surface area contributed by atoms with Gasteiger partial charge in [-0.25, -0.2) is 18.4 Å². The summed E-state index contributed by atoms with van der Waals surface area (Å²) in [6.45, 7) is 1.45. The molecule has 1 heterocycles. The number of primary sulfonamides is 1. The maximum Gasteiger partial charge on any atom is 0.338 e. The van der Waals surface area contributed by atoms with Gasteiger partial charge in [0.1, 0.15) is 4.90 Å². The van der Waals surface area contributed by atoms with E-state index < -0.39 is 22.6 Å². The molecule has 27 heavy (non-hydrogen) atoms. The summed E-state index contributed by atoms with van der Waals surface area (Å²) in [7, 11) is -4.09. The molecule has 1 aliphatic rings. The van der Waals surface area contributed by atoms with Crippen molar-refractivity contribution in [2.75, 3.05) is 11.5 Å². The number of fused-ring (bicyclic) bond motifs is 1. The van der Waals surface area contributed by atoms with Gasteiger partial charge in [-0.2, -0.15) is 0 Å². The molecule has 2 aromatic rings. The molecule has 1 aliphatic heterocycles. The molecular formula is C18H17ClN2O5S. The molecule has 0 radical (unpaired) electrons. The van der Waals surface area contributed by atoms with Crippen LogP contribution < -0.4 is 10.0 Å². The van der Waals surface area contributed by atoms with Crippen molar-refractivity contribution in [3.8, 4) is 0 Å². The summed E-state index contributed by atoms with van der Waals surface area (Å²) in [5.74, 6) is -1.20. The van der Waals surface area contributed by atoms with Crippen LogP contribution in [0.5, 0.6) is 0 Å². The van der Waals surface area contributed by atoms with Crippen LogP contribution in [0.4, 0.5) is 5.69 Å². The summed E-state index contributed by atoms with van der Waals surface area (Å²) in [6, 6.07) is 11.1. The van der Waals surface area contributed by atoms with Crippen LogP contribution in [0.3, 0.4) is 0 Å². The van der Waals surface area contributed by atoms with Crippen molar-refractivity contribution in [2.24, 2.45) is 5.14 Å². The molecule has 1 unspecified atom stereocenters. The Morgan fingerprint density at radius 3 is 2.67 bits per heavy atom. The Morgan fingerprint density at radius 1 is 1.26 bits per heavy atom. The Balaban J connectivity index is 1.72. The Bertz CT molecular complexity index is 1020. The number of carbonyl (C=O) groups excluding carboxylic acids is 2. The average Bonchev–Trinajstić information content (AvgIpc) is 2.94. The van der Waals surface area contributed by atoms with Crippen LogP contribution in [0.25, 0.3) is 0 Å². The van der Waals surface area contributed by atoms with E-state index in [2.05, 4.69) is 0 Å². The van der Waals surface area contributed by atoms with E-state index in [1.165, 1.54) is 12.1 Å². The van der Waals surface area contributed by atoms with E-state index in [4.69, 9.17) is 21.5 Å². The highest BCUT2D eigenvalue weighted by molar-refractivity contribution is 7.89. The van der Waals surface area contributed by atoms with E-state index in [1.54, 1.807) is 4.90 Å². The SMILES string of the molecule is CC1Cc2ccccc2N1C(=O)COC(=O)c1ccc(Cl)c(S(N)(=O)=O)c1. The molecule has 1 amide bonds. The number of amides is 1. The highest BCUT2D eigenvalue weighted by Crippen LogP contribution is 2.31. The first-order valence-corrected chi connectivity index (χ1v) is 10.0. The molecule has 0 aromatic heterocycles. The predicted molar refractivity (Wildman–Crippen MR) is 100 cm³/mol. The minimum atomic E-state index is -4.09. The van der Waals surface area contributed by atoms with Crippen LogP contribution in [0.1, 0.15) is 22.8 Å². The average molecular weight is 409 g/mol. The number of anilines is 1. The zero-order valence-corrected chi connectivity index (χ0v) is 16.0. The van der Waals surface area contributed by atoms with Crippen molar-refractivity contribution < 1.29 is 22.7 Å². The number of hydrogen-bond acceptors (Lipinski definition) is 5. The van der Waals surface area contributed by atoms with E-state index >= 15 is 0 Å². The molecule has 0 aliphatic carbocycles. The number of sulfonamides is 1. The lowest BCUT2D eigenvalue weighted by Gasteiger charge is -2.22. The monoisotopic (exact) mass is 408 g/mol. The van der Waals surface area contributed by atoms with E-state index in [-0.39, 0.29) is 27.4 Å². The van der Waals surface area contributed by atoms with E-state index in [9.17, 15) is 18.0 Å². The lowest BCUT2D eigenvalue weighted by Crippen LogP contribution is -2.38. The fourth-order valence-corrected chi connectivity index (χ4v) is 4.15. The van der Waals surface area contributed by atoms with Crippen LogP contribution in [0.2, 0.25) is 5.02 Å². The minimum absolute atomic E-state index is 0.0434. The van der Waals surface area contributed by atoms with Gasteiger partial charge in [-0.15, -0.1) is 0 Å². The number of rotatable bonds is 4. The first kappa shape index (κ1) is 19.3. The normalized spacial score (nSPS) is 16.1. The smallest absolute Gasteiger partial charge is 0.338 e.